The molecule has 6 heteroatoms. The topological polar surface area (TPSA) is 41.1 Å². The van der Waals surface area contributed by atoms with Crippen LogP contribution in [0.25, 0.3) is 0 Å². The van der Waals surface area contributed by atoms with Crippen molar-refractivity contribution in [2.75, 3.05) is 5.32 Å². The van der Waals surface area contributed by atoms with E-state index in [1.54, 1.807) is 12.1 Å². The van der Waals surface area contributed by atoms with Crippen molar-refractivity contribution in [3.8, 4) is 0 Å². The van der Waals surface area contributed by atoms with Crippen LogP contribution in [0.15, 0.2) is 46.9 Å². The molecule has 0 bridgehead atoms. The summed E-state index contributed by atoms with van der Waals surface area (Å²) in [5, 5.41) is 6.13. The summed E-state index contributed by atoms with van der Waals surface area (Å²) >= 11 is 15.4. The number of urea groups is 1. The van der Waals surface area contributed by atoms with Gasteiger partial charge in [-0.05, 0) is 17.7 Å². The van der Waals surface area contributed by atoms with Crippen LogP contribution in [0.4, 0.5) is 10.5 Å². The highest BCUT2D eigenvalue weighted by Gasteiger charge is 2.10. The monoisotopic (exact) mass is 372 g/mol. The van der Waals surface area contributed by atoms with Crippen molar-refractivity contribution >= 4 is 50.9 Å². The molecule has 0 aliphatic rings. The van der Waals surface area contributed by atoms with E-state index in [1.165, 1.54) is 0 Å². The zero-order valence-corrected chi connectivity index (χ0v) is 13.4. The molecule has 2 amide bonds. The molecule has 2 aromatic rings. The van der Waals surface area contributed by atoms with Gasteiger partial charge in [-0.15, -0.1) is 0 Å². The summed E-state index contributed by atoms with van der Waals surface area (Å²) in [6.07, 6.45) is 0. The average Bonchev–Trinajstić information content (AvgIpc) is 2.42. The Morgan fingerprint density at radius 3 is 2.30 bits per heavy atom. The minimum atomic E-state index is -0.361. The fourth-order valence-corrected chi connectivity index (χ4v) is 2.90. The van der Waals surface area contributed by atoms with E-state index >= 15 is 0 Å². The van der Waals surface area contributed by atoms with Gasteiger partial charge >= 0.3 is 6.03 Å². The molecule has 0 atom stereocenters. The van der Waals surface area contributed by atoms with Gasteiger partial charge in [0, 0.05) is 11.0 Å². The third kappa shape index (κ3) is 4.13. The Bertz CT molecular complexity index is 597. The van der Waals surface area contributed by atoms with Gasteiger partial charge in [0.1, 0.15) is 0 Å². The SMILES string of the molecule is O=C(NCc1ccccc1)Nc1c(Cl)cc(Br)cc1Cl. The van der Waals surface area contributed by atoms with Gasteiger partial charge in [0.2, 0.25) is 0 Å². The lowest BCUT2D eigenvalue weighted by atomic mass is 10.2. The second kappa shape index (κ2) is 6.97. The fraction of sp³-hybridized carbons (Fsp3) is 0.0714. The first-order chi connectivity index (χ1) is 9.56. The quantitative estimate of drug-likeness (QED) is 0.773. The van der Waals surface area contributed by atoms with Crippen molar-refractivity contribution in [3.63, 3.8) is 0 Å². The van der Waals surface area contributed by atoms with Gasteiger partial charge in [-0.2, -0.15) is 0 Å². The number of rotatable bonds is 3. The van der Waals surface area contributed by atoms with Gasteiger partial charge in [-0.25, -0.2) is 4.79 Å². The average molecular weight is 374 g/mol. The summed E-state index contributed by atoms with van der Waals surface area (Å²) in [6.45, 7) is 0.429. The van der Waals surface area contributed by atoms with Crippen LogP contribution in [0.3, 0.4) is 0 Å². The molecular weight excluding hydrogens is 363 g/mol. The molecule has 0 unspecified atom stereocenters. The highest BCUT2D eigenvalue weighted by molar-refractivity contribution is 9.10. The number of halogens is 3. The van der Waals surface area contributed by atoms with Crippen LogP contribution in [0, 0.1) is 0 Å². The minimum Gasteiger partial charge on any atom is -0.334 e. The molecule has 0 aromatic heterocycles. The van der Waals surface area contributed by atoms with Crippen molar-refractivity contribution in [2.45, 2.75) is 6.54 Å². The Morgan fingerprint density at radius 1 is 1.10 bits per heavy atom. The Kier molecular flexibility index (Phi) is 5.29. The van der Waals surface area contributed by atoms with Gasteiger partial charge in [0.15, 0.2) is 0 Å². The van der Waals surface area contributed by atoms with Crippen LogP contribution >= 0.6 is 39.1 Å². The number of hydrogen-bond acceptors (Lipinski definition) is 1. The number of carbonyl (C=O) groups is 1. The highest BCUT2D eigenvalue weighted by atomic mass is 79.9. The van der Waals surface area contributed by atoms with Gasteiger partial charge in [-0.3, -0.25) is 0 Å². The summed E-state index contributed by atoms with van der Waals surface area (Å²) < 4.78 is 0.753. The van der Waals surface area contributed by atoms with Crippen molar-refractivity contribution in [1.29, 1.82) is 0 Å². The van der Waals surface area contributed by atoms with Crippen molar-refractivity contribution < 1.29 is 4.79 Å². The predicted molar refractivity (Wildman–Crippen MR) is 86.5 cm³/mol. The summed E-state index contributed by atoms with van der Waals surface area (Å²) in [7, 11) is 0. The number of carbonyl (C=O) groups excluding carboxylic acids is 1. The zero-order chi connectivity index (χ0) is 14.5. The van der Waals surface area contributed by atoms with Crippen molar-refractivity contribution in [1.82, 2.24) is 5.32 Å². The van der Waals surface area contributed by atoms with Gasteiger partial charge in [0.25, 0.3) is 0 Å². The zero-order valence-electron chi connectivity index (χ0n) is 10.3. The summed E-state index contributed by atoms with van der Waals surface area (Å²) in [5.41, 5.74) is 1.40. The van der Waals surface area contributed by atoms with Crippen LogP contribution < -0.4 is 10.6 Å². The molecule has 2 aromatic carbocycles. The van der Waals surface area contributed by atoms with E-state index in [1.807, 2.05) is 30.3 Å². The summed E-state index contributed by atoms with van der Waals surface area (Å²) in [4.78, 5) is 11.8. The maximum Gasteiger partial charge on any atom is 0.319 e. The first-order valence-corrected chi connectivity index (χ1v) is 7.34. The molecule has 2 N–H and O–H groups in total. The molecule has 0 saturated heterocycles. The van der Waals surface area contributed by atoms with Gasteiger partial charge in [-0.1, -0.05) is 69.5 Å². The van der Waals surface area contributed by atoms with Crippen molar-refractivity contribution in [3.05, 3.63) is 62.5 Å². The molecule has 0 aliphatic heterocycles. The Balaban J connectivity index is 1.98. The van der Waals surface area contributed by atoms with E-state index in [9.17, 15) is 4.79 Å². The standard InChI is InChI=1S/C14H11BrCl2N2O/c15-10-6-11(16)13(12(17)7-10)19-14(20)18-8-9-4-2-1-3-5-9/h1-7H,8H2,(H2,18,19,20). The summed E-state index contributed by atoms with van der Waals surface area (Å²) in [6, 6.07) is 12.6. The number of nitrogens with one attached hydrogen (secondary N) is 2. The minimum absolute atomic E-state index is 0.361. The van der Waals surface area contributed by atoms with Crippen LogP contribution in [0.5, 0.6) is 0 Å². The number of benzene rings is 2. The lowest BCUT2D eigenvalue weighted by Crippen LogP contribution is -2.28. The number of amides is 2. The van der Waals surface area contributed by atoms with E-state index in [4.69, 9.17) is 23.2 Å². The third-order valence-electron chi connectivity index (χ3n) is 2.54. The third-order valence-corrected chi connectivity index (χ3v) is 3.60. The van der Waals surface area contributed by atoms with E-state index in [0.717, 1.165) is 10.0 Å². The molecule has 0 spiro atoms. The highest BCUT2D eigenvalue weighted by Crippen LogP contribution is 2.33. The first-order valence-electron chi connectivity index (χ1n) is 5.79. The molecule has 104 valence electrons. The Morgan fingerprint density at radius 2 is 1.70 bits per heavy atom. The molecule has 2 rings (SSSR count). The van der Waals surface area contributed by atoms with Crippen LogP contribution in [-0.2, 0) is 6.54 Å². The van der Waals surface area contributed by atoms with Crippen LogP contribution in [0.1, 0.15) is 5.56 Å². The maximum absolute atomic E-state index is 11.8. The van der Waals surface area contributed by atoms with E-state index in [2.05, 4.69) is 26.6 Å². The molecular formula is C14H11BrCl2N2O. The normalized spacial score (nSPS) is 10.2. The molecule has 3 nitrogen and oxygen atoms in total. The van der Waals surface area contributed by atoms with E-state index in [0.29, 0.717) is 22.3 Å². The lowest BCUT2D eigenvalue weighted by molar-refractivity contribution is 0.251. The molecule has 20 heavy (non-hydrogen) atoms. The molecule has 0 saturated carbocycles. The largest absolute Gasteiger partial charge is 0.334 e. The van der Waals surface area contributed by atoms with Crippen molar-refractivity contribution in [2.24, 2.45) is 0 Å². The van der Waals surface area contributed by atoms with E-state index in [-0.39, 0.29) is 6.03 Å². The molecule has 0 heterocycles. The smallest absolute Gasteiger partial charge is 0.319 e. The second-order valence-electron chi connectivity index (χ2n) is 4.04. The number of anilines is 1. The van der Waals surface area contributed by atoms with Crippen LogP contribution in [0.2, 0.25) is 10.0 Å². The second-order valence-corrected chi connectivity index (χ2v) is 5.77. The van der Waals surface area contributed by atoms with Crippen LogP contribution in [-0.4, -0.2) is 6.03 Å². The van der Waals surface area contributed by atoms with E-state index < -0.39 is 0 Å². The Labute approximate surface area is 135 Å². The molecule has 0 fully saturated rings. The lowest BCUT2D eigenvalue weighted by Gasteiger charge is -2.11. The molecule has 0 aliphatic carbocycles. The predicted octanol–water partition coefficient (Wildman–Crippen LogP) is 5.08. The molecule has 0 radical (unpaired) electrons. The fourth-order valence-electron chi connectivity index (χ4n) is 1.60. The van der Waals surface area contributed by atoms with Gasteiger partial charge in [0.05, 0.1) is 15.7 Å². The number of hydrogen-bond donors (Lipinski definition) is 2. The first kappa shape index (κ1) is 15.2. The summed E-state index contributed by atoms with van der Waals surface area (Å²) in [5.74, 6) is 0. The maximum atomic E-state index is 11.8. The Hall–Kier alpha value is -1.23. The van der Waals surface area contributed by atoms with Gasteiger partial charge < -0.3 is 10.6 Å².